The predicted molar refractivity (Wildman–Crippen MR) is 149 cm³/mol. The minimum Gasteiger partial charge on any atom is -0.497 e. The Bertz CT molecular complexity index is 1360. The average molecular weight is 558 g/mol. The Morgan fingerprint density at radius 3 is 2.18 bits per heavy atom. The van der Waals surface area contributed by atoms with Crippen LogP contribution < -0.4 is 14.4 Å². The van der Waals surface area contributed by atoms with Gasteiger partial charge in [0.1, 0.15) is 18.3 Å². The van der Waals surface area contributed by atoms with E-state index in [1.54, 1.807) is 69.5 Å². The molecule has 3 rings (SSSR count). The minimum atomic E-state index is -4.15. The number of nitrogens with zero attached hydrogens (tertiary/aromatic N) is 2. The van der Waals surface area contributed by atoms with Crippen LogP contribution in [-0.4, -0.2) is 51.9 Å². The Kier molecular flexibility index (Phi) is 9.77. The van der Waals surface area contributed by atoms with E-state index < -0.39 is 28.5 Å². The molecule has 0 aliphatic heterocycles. The van der Waals surface area contributed by atoms with Crippen LogP contribution in [0, 0.1) is 6.92 Å². The van der Waals surface area contributed by atoms with Gasteiger partial charge in [0.2, 0.25) is 11.8 Å². The number of rotatable bonds is 11. The third kappa shape index (κ3) is 6.65. The van der Waals surface area contributed by atoms with Crippen LogP contribution >= 0.6 is 11.6 Å². The van der Waals surface area contributed by atoms with Crippen molar-refractivity contribution in [2.24, 2.45) is 0 Å². The molecule has 3 aromatic carbocycles. The van der Waals surface area contributed by atoms with E-state index >= 15 is 0 Å². The van der Waals surface area contributed by atoms with E-state index in [1.165, 1.54) is 36.2 Å². The number of hydrogen-bond acceptors (Lipinski definition) is 5. The maximum Gasteiger partial charge on any atom is 0.264 e. The highest BCUT2D eigenvalue weighted by Crippen LogP contribution is 2.28. The average Bonchev–Trinajstić information content (AvgIpc) is 2.92. The first-order valence-electron chi connectivity index (χ1n) is 12.1. The van der Waals surface area contributed by atoms with Gasteiger partial charge in [-0.25, -0.2) is 8.42 Å². The fourth-order valence-corrected chi connectivity index (χ4v) is 5.71. The van der Waals surface area contributed by atoms with Crippen molar-refractivity contribution in [3.8, 4) is 5.75 Å². The molecule has 1 atom stereocenters. The molecular weight excluding hydrogens is 526 g/mol. The van der Waals surface area contributed by atoms with Crippen molar-refractivity contribution in [1.82, 2.24) is 10.2 Å². The molecule has 8 nitrogen and oxygen atoms in total. The molecular formula is C28H32ClN3O5S. The summed E-state index contributed by atoms with van der Waals surface area (Å²) in [5.74, 6) is -0.195. The van der Waals surface area contributed by atoms with Crippen molar-refractivity contribution in [1.29, 1.82) is 0 Å². The van der Waals surface area contributed by atoms with Crippen molar-refractivity contribution in [2.45, 2.75) is 37.8 Å². The Balaban J connectivity index is 2.06. The summed E-state index contributed by atoms with van der Waals surface area (Å²) >= 11 is 5.98. The van der Waals surface area contributed by atoms with E-state index in [2.05, 4.69) is 5.32 Å². The smallest absolute Gasteiger partial charge is 0.264 e. The maximum atomic E-state index is 13.9. The Morgan fingerprint density at radius 1 is 1.00 bits per heavy atom. The Hall–Kier alpha value is -3.56. The van der Waals surface area contributed by atoms with Crippen LogP contribution in [0.2, 0.25) is 5.02 Å². The second-order valence-corrected chi connectivity index (χ2v) is 11.0. The van der Waals surface area contributed by atoms with Gasteiger partial charge in [-0.05, 0) is 66.9 Å². The first kappa shape index (κ1) is 29.0. The number of para-hydroxylation sites is 1. The zero-order valence-electron chi connectivity index (χ0n) is 21.8. The molecule has 0 radical (unpaired) electrons. The van der Waals surface area contributed by atoms with Crippen LogP contribution in [0.5, 0.6) is 5.75 Å². The fraction of sp³-hybridized carbons (Fsp3) is 0.286. The molecule has 3 aromatic rings. The van der Waals surface area contributed by atoms with Gasteiger partial charge in [-0.15, -0.1) is 0 Å². The van der Waals surface area contributed by atoms with Gasteiger partial charge in [0.15, 0.2) is 0 Å². The summed E-state index contributed by atoms with van der Waals surface area (Å²) in [5.41, 5.74) is 1.82. The van der Waals surface area contributed by atoms with E-state index in [9.17, 15) is 18.0 Å². The first-order valence-corrected chi connectivity index (χ1v) is 13.9. The molecule has 1 N–H and O–H groups in total. The molecule has 1 unspecified atom stereocenters. The normalized spacial score (nSPS) is 11.9. The van der Waals surface area contributed by atoms with Gasteiger partial charge in [-0.2, -0.15) is 0 Å². The van der Waals surface area contributed by atoms with E-state index in [0.717, 1.165) is 9.87 Å². The van der Waals surface area contributed by atoms with Crippen molar-refractivity contribution >= 4 is 39.1 Å². The number of sulfonamides is 1. The van der Waals surface area contributed by atoms with Crippen LogP contribution in [0.15, 0.2) is 77.7 Å². The second-order valence-electron chi connectivity index (χ2n) is 8.66. The molecule has 0 spiro atoms. The quantitative estimate of drug-likeness (QED) is 0.377. The molecule has 10 heteroatoms. The van der Waals surface area contributed by atoms with Gasteiger partial charge >= 0.3 is 0 Å². The molecule has 0 bridgehead atoms. The summed E-state index contributed by atoms with van der Waals surface area (Å²) in [4.78, 5) is 28.1. The number of likely N-dealkylation sites (N-methyl/N-ethyl adjacent to an activating group) is 1. The molecule has 0 heterocycles. The molecule has 38 heavy (non-hydrogen) atoms. The molecule has 2 amide bonds. The van der Waals surface area contributed by atoms with Crippen LogP contribution in [-0.2, 0) is 26.2 Å². The lowest BCUT2D eigenvalue weighted by Gasteiger charge is -2.33. The van der Waals surface area contributed by atoms with Gasteiger partial charge in [0.05, 0.1) is 17.7 Å². The molecule has 0 aliphatic carbocycles. The highest BCUT2D eigenvalue weighted by molar-refractivity contribution is 7.92. The number of anilines is 1. The lowest BCUT2D eigenvalue weighted by atomic mass is 10.1. The zero-order chi connectivity index (χ0) is 27.9. The number of methoxy groups -OCH3 is 1. The van der Waals surface area contributed by atoms with Gasteiger partial charge in [-0.1, -0.05) is 48.9 Å². The van der Waals surface area contributed by atoms with Gasteiger partial charge in [0, 0.05) is 18.6 Å². The molecule has 0 saturated heterocycles. The number of ether oxygens (including phenoxy) is 1. The van der Waals surface area contributed by atoms with Crippen molar-refractivity contribution < 1.29 is 22.7 Å². The number of carbonyl (C=O) groups excluding carboxylic acids is 2. The van der Waals surface area contributed by atoms with Crippen molar-refractivity contribution in [3.05, 3.63) is 88.9 Å². The molecule has 0 fully saturated rings. The Morgan fingerprint density at radius 2 is 1.63 bits per heavy atom. The second kappa shape index (κ2) is 12.8. The lowest BCUT2D eigenvalue weighted by Crippen LogP contribution is -2.51. The van der Waals surface area contributed by atoms with Crippen molar-refractivity contribution in [3.63, 3.8) is 0 Å². The number of nitrogens with one attached hydrogen (secondary N) is 1. The standard InChI is InChI=1S/C28H32ClN3O5S/c1-5-25(28(34)30-3)31(18-21-10-14-23(37-4)15-11-21)27(33)19-32(26-9-7-6-8-20(26)2)38(35,36)24-16-12-22(29)13-17-24/h6-17,25H,5,18-19H2,1-4H3,(H,30,34). The SMILES string of the molecule is CCC(C(=O)NC)N(Cc1ccc(OC)cc1)C(=O)CN(c1ccccc1C)S(=O)(=O)c1ccc(Cl)cc1. The fourth-order valence-electron chi connectivity index (χ4n) is 4.10. The number of halogens is 1. The topological polar surface area (TPSA) is 96.0 Å². The number of hydrogen-bond donors (Lipinski definition) is 1. The third-order valence-electron chi connectivity index (χ3n) is 6.21. The minimum absolute atomic E-state index is 0.00185. The Labute approximate surface area is 229 Å². The summed E-state index contributed by atoms with van der Waals surface area (Å²) in [6.45, 7) is 3.19. The van der Waals surface area contributed by atoms with E-state index in [-0.39, 0.29) is 17.3 Å². The van der Waals surface area contributed by atoms with Crippen LogP contribution in [0.4, 0.5) is 5.69 Å². The third-order valence-corrected chi connectivity index (χ3v) is 8.23. The zero-order valence-corrected chi connectivity index (χ0v) is 23.4. The molecule has 202 valence electrons. The number of carbonyl (C=O) groups is 2. The summed E-state index contributed by atoms with van der Waals surface area (Å²) < 4.78 is 34.0. The first-order chi connectivity index (χ1) is 18.1. The number of amides is 2. The van der Waals surface area contributed by atoms with E-state index in [4.69, 9.17) is 16.3 Å². The maximum absolute atomic E-state index is 13.9. The monoisotopic (exact) mass is 557 g/mol. The van der Waals surface area contributed by atoms with Gasteiger partial charge in [-0.3, -0.25) is 13.9 Å². The van der Waals surface area contributed by atoms with Crippen molar-refractivity contribution in [2.75, 3.05) is 25.0 Å². The number of benzene rings is 3. The van der Waals surface area contributed by atoms with E-state index in [0.29, 0.717) is 28.4 Å². The van der Waals surface area contributed by atoms with E-state index in [1.807, 2.05) is 0 Å². The van der Waals surface area contributed by atoms with Gasteiger partial charge in [0.25, 0.3) is 10.0 Å². The predicted octanol–water partition coefficient (Wildman–Crippen LogP) is 4.41. The largest absolute Gasteiger partial charge is 0.497 e. The summed E-state index contributed by atoms with van der Waals surface area (Å²) in [6.07, 6.45) is 0.343. The highest BCUT2D eigenvalue weighted by Gasteiger charge is 2.33. The number of aryl methyl sites for hydroxylation is 1. The molecule has 0 saturated carbocycles. The van der Waals surface area contributed by atoms with Gasteiger partial charge < -0.3 is 15.0 Å². The summed E-state index contributed by atoms with van der Waals surface area (Å²) in [7, 11) is -1.09. The molecule has 0 aromatic heterocycles. The van der Waals surface area contributed by atoms with Crippen LogP contribution in [0.1, 0.15) is 24.5 Å². The van der Waals surface area contributed by atoms with Crippen LogP contribution in [0.3, 0.4) is 0 Å². The lowest BCUT2D eigenvalue weighted by molar-refractivity contribution is -0.140. The summed E-state index contributed by atoms with van der Waals surface area (Å²) in [5, 5.41) is 3.01. The van der Waals surface area contributed by atoms with Crippen LogP contribution in [0.25, 0.3) is 0 Å². The highest BCUT2D eigenvalue weighted by atomic mass is 35.5. The summed E-state index contributed by atoms with van der Waals surface area (Å²) in [6, 6.07) is 19.1. The molecule has 0 aliphatic rings.